The van der Waals surface area contributed by atoms with Gasteiger partial charge in [0.2, 0.25) is 0 Å². The van der Waals surface area contributed by atoms with E-state index in [0.717, 1.165) is 25.0 Å². The number of hydrogen-bond acceptors (Lipinski definition) is 5. The van der Waals surface area contributed by atoms with Crippen LogP contribution < -0.4 is 5.73 Å². The summed E-state index contributed by atoms with van der Waals surface area (Å²) in [6.45, 7) is 3.40. The predicted molar refractivity (Wildman–Crippen MR) is 111 cm³/mol. The number of aromatic nitrogens is 2. The van der Waals surface area contributed by atoms with Gasteiger partial charge in [0.15, 0.2) is 0 Å². The average molecular weight is 401 g/mol. The van der Waals surface area contributed by atoms with Gasteiger partial charge in [-0.1, -0.05) is 35.5 Å². The van der Waals surface area contributed by atoms with E-state index in [9.17, 15) is 4.79 Å². The lowest BCUT2D eigenvalue weighted by Gasteiger charge is -2.23. The van der Waals surface area contributed by atoms with E-state index in [1.54, 1.807) is 0 Å². The number of nitrogens with zero attached hydrogens (tertiary/aromatic N) is 3. The number of pyridine rings is 1. The van der Waals surface area contributed by atoms with Crippen LogP contribution in [0, 0.1) is 6.92 Å². The van der Waals surface area contributed by atoms with Crippen molar-refractivity contribution in [3.8, 4) is 0 Å². The molecule has 2 aromatic heterocycles. The Bertz CT molecular complexity index is 954. The second-order valence-corrected chi connectivity index (χ2v) is 7.13. The van der Waals surface area contributed by atoms with Crippen LogP contribution in [0.4, 0.5) is 0 Å². The van der Waals surface area contributed by atoms with E-state index in [1.807, 2.05) is 36.1 Å². The van der Waals surface area contributed by atoms with Crippen molar-refractivity contribution in [3.05, 3.63) is 58.9 Å². The van der Waals surface area contributed by atoms with Crippen molar-refractivity contribution in [2.45, 2.75) is 32.1 Å². The molecule has 1 saturated carbocycles. The van der Waals surface area contributed by atoms with Crippen molar-refractivity contribution in [3.63, 3.8) is 0 Å². The van der Waals surface area contributed by atoms with E-state index >= 15 is 0 Å². The Morgan fingerprint density at radius 1 is 1.25 bits per heavy atom. The quantitative estimate of drug-likeness (QED) is 0.656. The summed E-state index contributed by atoms with van der Waals surface area (Å²) >= 11 is 0. The molecule has 0 saturated heterocycles. The van der Waals surface area contributed by atoms with E-state index < -0.39 is 0 Å². The first kappa shape index (κ1) is 20.3. The maximum Gasteiger partial charge on any atom is 0.259 e. The number of fused-ring (bicyclic) bond motifs is 1. The second kappa shape index (κ2) is 8.71. The molecule has 3 aromatic rings. The lowest BCUT2D eigenvalue weighted by Crippen LogP contribution is -2.37. The van der Waals surface area contributed by atoms with Crippen LogP contribution in [0.15, 0.2) is 40.9 Å². The molecule has 1 aliphatic rings. The van der Waals surface area contributed by atoms with Crippen LogP contribution >= 0.6 is 12.4 Å². The Balaban J connectivity index is 0.00000225. The summed E-state index contributed by atoms with van der Waals surface area (Å²) in [5, 5.41) is 4.74. The van der Waals surface area contributed by atoms with Crippen molar-refractivity contribution in [2.75, 3.05) is 19.6 Å². The lowest BCUT2D eigenvalue weighted by molar-refractivity contribution is 0.0764. The van der Waals surface area contributed by atoms with Gasteiger partial charge in [-0.25, -0.2) is 4.98 Å². The van der Waals surface area contributed by atoms with Gasteiger partial charge in [-0.15, -0.1) is 12.4 Å². The third-order valence-corrected chi connectivity index (χ3v) is 5.06. The first-order valence-electron chi connectivity index (χ1n) is 9.47. The molecule has 4 rings (SSSR count). The summed E-state index contributed by atoms with van der Waals surface area (Å²) in [7, 11) is 0. The first-order valence-corrected chi connectivity index (χ1v) is 9.47. The van der Waals surface area contributed by atoms with Crippen molar-refractivity contribution >= 4 is 29.4 Å². The van der Waals surface area contributed by atoms with Gasteiger partial charge in [-0.3, -0.25) is 4.79 Å². The first-order chi connectivity index (χ1) is 13.2. The molecule has 0 radical (unpaired) electrons. The third kappa shape index (κ3) is 4.18. The van der Waals surface area contributed by atoms with Gasteiger partial charge in [0.1, 0.15) is 0 Å². The van der Waals surface area contributed by atoms with Gasteiger partial charge in [-0.2, -0.15) is 0 Å². The Kier molecular flexibility index (Phi) is 6.31. The summed E-state index contributed by atoms with van der Waals surface area (Å²) in [6.07, 6.45) is 3.01. The molecule has 0 aliphatic heterocycles. The SMILES string of the molecule is Cc1noc2nc(C3CC3)cc(C(=O)N(CCN)CCc3ccccc3)c12.Cl. The Morgan fingerprint density at radius 2 is 2.00 bits per heavy atom. The average Bonchev–Trinajstić information content (AvgIpc) is 3.48. The van der Waals surface area contributed by atoms with Gasteiger partial charge in [0.25, 0.3) is 11.6 Å². The van der Waals surface area contributed by atoms with Gasteiger partial charge in [0.05, 0.1) is 16.6 Å². The summed E-state index contributed by atoms with van der Waals surface area (Å²) in [4.78, 5) is 19.8. The minimum atomic E-state index is -0.0306. The number of hydrogen-bond donors (Lipinski definition) is 1. The number of aryl methyl sites for hydroxylation is 1. The zero-order chi connectivity index (χ0) is 18.8. The zero-order valence-corrected chi connectivity index (χ0v) is 16.7. The number of carbonyl (C=O) groups excluding carboxylic acids is 1. The third-order valence-electron chi connectivity index (χ3n) is 5.06. The normalized spacial score (nSPS) is 13.4. The molecule has 1 fully saturated rings. The van der Waals surface area contributed by atoms with E-state index in [2.05, 4.69) is 22.3 Å². The van der Waals surface area contributed by atoms with E-state index in [-0.39, 0.29) is 18.3 Å². The molecule has 2 N–H and O–H groups in total. The minimum Gasteiger partial charge on any atom is -0.337 e. The highest BCUT2D eigenvalue weighted by atomic mass is 35.5. The van der Waals surface area contributed by atoms with Crippen molar-refractivity contribution in [1.82, 2.24) is 15.0 Å². The van der Waals surface area contributed by atoms with Crippen LogP contribution in [0.5, 0.6) is 0 Å². The van der Waals surface area contributed by atoms with E-state index in [1.165, 1.54) is 5.56 Å². The number of halogens is 1. The van der Waals surface area contributed by atoms with Gasteiger partial charge < -0.3 is 15.2 Å². The van der Waals surface area contributed by atoms with Crippen LogP contribution in [-0.2, 0) is 6.42 Å². The van der Waals surface area contributed by atoms with Crippen molar-refractivity contribution < 1.29 is 9.32 Å². The second-order valence-electron chi connectivity index (χ2n) is 7.13. The molecule has 148 valence electrons. The summed E-state index contributed by atoms with van der Waals surface area (Å²) in [5.41, 5.74) is 9.69. The molecular formula is C21H25ClN4O2. The maximum absolute atomic E-state index is 13.4. The fraction of sp³-hybridized carbons (Fsp3) is 0.381. The standard InChI is InChI=1S/C21H24N4O2.ClH/c1-14-19-17(13-18(16-7-8-16)23-20(19)27-24-14)21(26)25(12-10-22)11-9-15-5-3-2-4-6-15;/h2-6,13,16H,7-12,22H2,1H3;1H. The molecule has 1 amide bonds. The fourth-order valence-electron chi connectivity index (χ4n) is 3.42. The Hall–Kier alpha value is -2.44. The van der Waals surface area contributed by atoms with Crippen LogP contribution in [0.3, 0.4) is 0 Å². The number of carbonyl (C=O) groups is 1. The number of nitrogens with two attached hydrogens (primary N) is 1. The van der Waals surface area contributed by atoms with Crippen molar-refractivity contribution in [2.24, 2.45) is 5.73 Å². The van der Waals surface area contributed by atoms with Crippen LogP contribution in [0.1, 0.15) is 46.1 Å². The van der Waals surface area contributed by atoms with Gasteiger partial charge in [-0.05, 0) is 37.8 Å². The molecular weight excluding hydrogens is 376 g/mol. The molecule has 0 bridgehead atoms. The van der Waals surface area contributed by atoms with Crippen LogP contribution in [0.25, 0.3) is 11.1 Å². The minimum absolute atomic E-state index is 0. The molecule has 28 heavy (non-hydrogen) atoms. The lowest BCUT2D eigenvalue weighted by atomic mass is 10.1. The number of benzene rings is 1. The number of rotatable bonds is 7. The highest BCUT2D eigenvalue weighted by molar-refractivity contribution is 6.06. The summed E-state index contributed by atoms with van der Waals surface area (Å²) in [6, 6.07) is 12.1. The van der Waals surface area contributed by atoms with Gasteiger partial charge in [0, 0.05) is 31.2 Å². The van der Waals surface area contributed by atoms with Crippen LogP contribution in [-0.4, -0.2) is 40.6 Å². The Labute approximate surface area is 170 Å². The monoisotopic (exact) mass is 400 g/mol. The zero-order valence-electron chi connectivity index (χ0n) is 15.9. The van der Waals surface area contributed by atoms with Gasteiger partial charge >= 0.3 is 0 Å². The topological polar surface area (TPSA) is 85.2 Å². The molecule has 0 atom stereocenters. The molecule has 1 aliphatic carbocycles. The smallest absolute Gasteiger partial charge is 0.259 e. The molecule has 0 unspecified atom stereocenters. The van der Waals surface area contributed by atoms with E-state index in [0.29, 0.717) is 47.9 Å². The van der Waals surface area contributed by atoms with E-state index in [4.69, 9.17) is 10.3 Å². The predicted octanol–water partition coefficient (Wildman–Crippen LogP) is 3.47. The number of amides is 1. The highest BCUT2D eigenvalue weighted by Crippen LogP contribution is 2.40. The molecule has 2 heterocycles. The van der Waals surface area contributed by atoms with Crippen LogP contribution in [0.2, 0.25) is 0 Å². The summed E-state index contributed by atoms with van der Waals surface area (Å²) < 4.78 is 5.37. The molecule has 7 heteroatoms. The molecule has 1 aromatic carbocycles. The Morgan fingerprint density at radius 3 is 2.68 bits per heavy atom. The van der Waals surface area contributed by atoms with Crippen molar-refractivity contribution in [1.29, 1.82) is 0 Å². The maximum atomic E-state index is 13.4. The largest absolute Gasteiger partial charge is 0.337 e. The molecule has 0 spiro atoms. The summed E-state index contributed by atoms with van der Waals surface area (Å²) in [5.74, 6) is 0.399. The fourth-order valence-corrected chi connectivity index (χ4v) is 3.42. The molecule has 6 nitrogen and oxygen atoms in total. The highest BCUT2D eigenvalue weighted by Gasteiger charge is 2.29.